The van der Waals surface area contributed by atoms with Crippen molar-refractivity contribution in [3.8, 4) is 0 Å². The number of rotatable bonds is 5. The van der Waals surface area contributed by atoms with Gasteiger partial charge in [-0.2, -0.15) is 0 Å². The van der Waals surface area contributed by atoms with Gasteiger partial charge >= 0.3 is 12.0 Å². The third-order valence-electron chi connectivity index (χ3n) is 5.30. The number of Topliss-reactive ketones (excluding diaryl/α,β-unsaturated/α-hetero) is 1. The van der Waals surface area contributed by atoms with E-state index in [1.165, 1.54) is 0 Å². The van der Waals surface area contributed by atoms with E-state index in [1.807, 2.05) is 26.0 Å². The maximum atomic E-state index is 12.6. The Kier molecular flexibility index (Phi) is 5.30. The number of benzene rings is 1. The molecule has 0 aromatic heterocycles. The summed E-state index contributed by atoms with van der Waals surface area (Å²) in [4.78, 5) is 50.1. The molecule has 3 rings (SSSR count). The van der Waals surface area contributed by atoms with E-state index >= 15 is 0 Å². The molecule has 7 heteroatoms. The van der Waals surface area contributed by atoms with E-state index in [0.29, 0.717) is 18.4 Å². The number of urea groups is 1. The minimum absolute atomic E-state index is 0.314. The van der Waals surface area contributed by atoms with Crippen LogP contribution in [-0.2, 0) is 14.3 Å². The molecule has 7 nitrogen and oxygen atoms in total. The lowest BCUT2D eigenvalue weighted by Crippen LogP contribution is -2.48. The first-order valence-corrected chi connectivity index (χ1v) is 9.22. The summed E-state index contributed by atoms with van der Waals surface area (Å²) in [6.07, 6.45) is 3.96. The average Bonchev–Trinajstić information content (AvgIpc) is 2.86. The van der Waals surface area contributed by atoms with Gasteiger partial charge in [0.2, 0.25) is 5.78 Å². The highest BCUT2D eigenvalue weighted by Gasteiger charge is 2.51. The van der Waals surface area contributed by atoms with Gasteiger partial charge in [0.15, 0.2) is 6.61 Å². The zero-order valence-electron chi connectivity index (χ0n) is 15.7. The minimum atomic E-state index is -0.871. The molecule has 1 saturated carbocycles. The Hall–Kier alpha value is -2.70. The number of ether oxygens (including phenoxy) is 1. The van der Waals surface area contributed by atoms with Crippen LogP contribution in [0.1, 0.15) is 53.6 Å². The van der Waals surface area contributed by atoms with E-state index in [2.05, 4.69) is 5.32 Å². The standard InChI is InChI=1S/C20H24N2O5/c1-13-6-7-14(2)15(10-13)16(23)12-27-17(24)11-22-18(25)20(21-19(22)26)8-4-3-5-9-20/h6-7,10H,3-5,8-9,11-12H2,1-2H3,(H,21,26). The fourth-order valence-corrected chi connectivity index (χ4v) is 3.75. The molecule has 2 aliphatic rings. The minimum Gasteiger partial charge on any atom is -0.456 e. The molecular weight excluding hydrogens is 348 g/mol. The second-order valence-electron chi connectivity index (χ2n) is 7.37. The van der Waals surface area contributed by atoms with Gasteiger partial charge in [0.25, 0.3) is 5.91 Å². The van der Waals surface area contributed by atoms with Gasteiger partial charge in [-0.15, -0.1) is 0 Å². The fourth-order valence-electron chi connectivity index (χ4n) is 3.75. The van der Waals surface area contributed by atoms with Crippen LogP contribution in [0.25, 0.3) is 0 Å². The molecular formula is C20H24N2O5. The zero-order chi connectivity index (χ0) is 19.6. The highest BCUT2D eigenvalue weighted by molar-refractivity contribution is 6.09. The molecule has 0 bridgehead atoms. The van der Waals surface area contributed by atoms with E-state index in [4.69, 9.17) is 4.74 Å². The summed E-state index contributed by atoms with van der Waals surface area (Å²) >= 11 is 0. The second-order valence-corrected chi connectivity index (χ2v) is 7.37. The van der Waals surface area contributed by atoms with Crippen molar-refractivity contribution in [3.05, 3.63) is 34.9 Å². The monoisotopic (exact) mass is 372 g/mol. The predicted molar refractivity (Wildman–Crippen MR) is 97.3 cm³/mol. The quantitative estimate of drug-likeness (QED) is 0.486. The molecule has 144 valence electrons. The van der Waals surface area contributed by atoms with Crippen molar-refractivity contribution in [2.75, 3.05) is 13.2 Å². The summed E-state index contributed by atoms with van der Waals surface area (Å²) in [5.41, 5.74) is 1.37. The van der Waals surface area contributed by atoms with Gasteiger partial charge in [-0.1, -0.05) is 37.0 Å². The highest BCUT2D eigenvalue weighted by atomic mass is 16.5. The van der Waals surface area contributed by atoms with Crippen LogP contribution in [-0.4, -0.2) is 47.3 Å². The predicted octanol–water partition coefficient (Wildman–Crippen LogP) is 2.28. The maximum Gasteiger partial charge on any atom is 0.326 e. The van der Waals surface area contributed by atoms with E-state index in [9.17, 15) is 19.2 Å². The van der Waals surface area contributed by atoms with Crippen molar-refractivity contribution >= 4 is 23.7 Å². The Morgan fingerprint density at radius 2 is 1.85 bits per heavy atom. The Bertz CT molecular complexity index is 796. The number of hydrogen-bond donors (Lipinski definition) is 1. The Balaban J connectivity index is 1.58. The van der Waals surface area contributed by atoms with E-state index in [-0.39, 0.29) is 11.7 Å². The number of amides is 3. The van der Waals surface area contributed by atoms with E-state index in [1.54, 1.807) is 6.07 Å². The lowest BCUT2D eigenvalue weighted by Gasteiger charge is -2.30. The molecule has 2 fully saturated rings. The fraction of sp³-hybridized carbons (Fsp3) is 0.500. The topological polar surface area (TPSA) is 92.8 Å². The van der Waals surface area contributed by atoms with Crippen molar-refractivity contribution in [2.45, 2.75) is 51.5 Å². The highest BCUT2D eigenvalue weighted by Crippen LogP contribution is 2.33. The Morgan fingerprint density at radius 1 is 1.15 bits per heavy atom. The van der Waals surface area contributed by atoms with Crippen LogP contribution in [0, 0.1) is 13.8 Å². The molecule has 1 spiro atoms. The first kappa shape index (κ1) is 19.1. The normalized spacial score (nSPS) is 18.5. The number of nitrogens with zero attached hydrogens (tertiary/aromatic N) is 1. The summed E-state index contributed by atoms with van der Waals surface area (Å²) in [7, 11) is 0. The van der Waals surface area contributed by atoms with Crippen molar-refractivity contribution in [2.24, 2.45) is 0 Å². The van der Waals surface area contributed by atoms with Crippen LogP contribution in [0.5, 0.6) is 0 Å². The van der Waals surface area contributed by atoms with Crippen LogP contribution < -0.4 is 5.32 Å². The molecule has 1 heterocycles. The summed E-state index contributed by atoms with van der Waals surface area (Å²) in [5, 5.41) is 2.74. The zero-order valence-corrected chi connectivity index (χ0v) is 15.7. The second kappa shape index (κ2) is 7.50. The number of ketones is 1. The summed E-state index contributed by atoms with van der Waals surface area (Å²) in [6, 6.07) is 4.91. The lowest BCUT2D eigenvalue weighted by molar-refractivity contribution is -0.147. The van der Waals surface area contributed by atoms with E-state index < -0.39 is 30.7 Å². The molecule has 0 unspecified atom stereocenters. The van der Waals surface area contributed by atoms with Gasteiger partial charge in [-0.25, -0.2) is 4.79 Å². The molecule has 3 amide bonds. The number of hydrogen-bond acceptors (Lipinski definition) is 5. The number of carbonyl (C=O) groups is 4. The van der Waals surface area contributed by atoms with Gasteiger partial charge in [0.1, 0.15) is 12.1 Å². The van der Waals surface area contributed by atoms with Crippen molar-refractivity contribution in [3.63, 3.8) is 0 Å². The lowest BCUT2D eigenvalue weighted by atomic mass is 9.82. The third-order valence-corrected chi connectivity index (χ3v) is 5.30. The molecule has 0 atom stereocenters. The number of esters is 1. The van der Waals surface area contributed by atoms with Gasteiger partial charge in [0, 0.05) is 5.56 Å². The van der Waals surface area contributed by atoms with Crippen molar-refractivity contribution in [1.82, 2.24) is 10.2 Å². The maximum absolute atomic E-state index is 12.6. The largest absolute Gasteiger partial charge is 0.456 e. The van der Waals surface area contributed by atoms with E-state index in [0.717, 1.165) is 35.3 Å². The van der Waals surface area contributed by atoms with Crippen LogP contribution >= 0.6 is 0 Å². The smallest absolute Gasteiger partial charge is 0.326 e. The number of nitrogens with one attached hydrogen (secondary N) is 1. The molecule has 1 aliphatic carbocycles. The summed E-state index contributed by atoms with van der Waals surface area (Å²) < 4.78 is 5.03. The molecule has 27 heavy (non-hydrogen) atoms. The molecule has 1 aliphatic heterocycles. The molecule has 0 radical (unpaired) electrons. The molecule has 1 N–H and O–H groups in total. The molecule has 1 saturated heterocycles. The molecule has 1 aromatic rings. The number of imide groups is 1. The van der Waals surface area contributed by atoms with Crippen molar-refractivity contribution in [1.29, 1.82) is 0 Å². The first-order valence-electron chi connectivity index (χ1n) is 9.22. The van der Waals surface area contributed by atoms with Gasteiger partial charge in [0.05, 0.1) is 0 Å². The van der Waals surface area contributed by atoms with Crippen LogP contribution in [0.4, 0.5) is 4.79 Å². The van der Waals surface area contributed by atoms with Gasteiger partial charge in [-0.05, 0) is 38.3 Å². The van der Waals surface area contributed by atoms with Crippen LogP contribution in [0.3, 0.4) is 0 Å². The molecule has 1 aromatic carbocycles. The van der Waals surface area contributed by atoms with Gasteiger partial charge < -0.3 is 10.1 Å². The summed E-state index contributed by atoms with van der Waals surface area (Å²) in [6.45, 7) is 2.79. The Morgan fingerprint density at radius 3 is 2.56 bits per heavy atom. The third kappa shape index (κ3) is 3.86. The number of carbonyl (C=O) groups excluding carboxylic acids is 4. The average molecular weight is 372 g/mol. The summed E-state index contributed by atoms with van der Waals surface area (Å²) in [5.74, 6) is -1.46. The SMILES string of the molecule is Cc1ccc(C)c(C(=O)COC(=O)CN2C(=O)NC3(CCCCC3)C2=O)c1. The van der Waals surface area contributed by atoms with Crippen LogP contribution in [0.15, 0.2) is 18.2 Å². The number of aryl methyl sites for hydroxylation is 2. The van der Waals surface area contributed by atoms with Crippen LogP contribution in [0.2, 0.25) is 0 Å². The van der Waals surface area contributed by atoms with Gasteiger partial charge in [-0.3, -0.25) is 19.3 Å². The first-order chi connectivity index (χ1) is 12.8. The Labute approximate surface area is 158 Å². The van der Waals surface area contributed by atoms with Crippen molar-refractivity contribution < 1.29 is 23.9 Å².